The molecule has 2 saturated carbocycles. The Kier molecular flexibility index (Phi) is 1.88. The summed E-state index contributed by atoms with van der Waals surface area (Å²) in [5.74, 6) is 1.63. The van der Waals surface area contributed by atoms with Crippen molar-refractivity contribution < 1.29 is 5.11 Å². The lowest BCUT2D eigenvalue weighted by atomic mass is 9.98. The highest BCUT2D eigenvalue weighted by atomic mass is 28.3. The first-order valence-electron chi connectivity index (χ1n) is 5.20. The zero-order valence-electron chi connectivity index (χ0n) is 8.38. The second-order valence-electron chi connectivity index (χ2n) is 5.63. The Morgan fingerprint density at radius 2 is 1.83 bits per heavy atom. The minimum atomic E-state index is -0.953. The zero-order chi connectivity index (χ0) is 8.93. The quantitative estimate of drug-likeness (QED) is 0.621. The van der Waals surface area contributed by atoms with Gasteiger partial charge in [0.1, 0.15) is 0 Å². The van der Waals surface area contributed by atoms with Crippen molar-refractivity contribution in [2.45, 2.75) is 50.5 Å². The SMILES string of the molecule is C[Si](C)(C)C1C2CCCC(O)C21. The molecule has 0 aromatic carbocycles. The molecule has 0 radical (unpaired) electrons. The summed E-state index contributed by atoms with van der Waals surface area (Å²) in [6, 6.07) is 0. The van der Waals surface area contributed by atoms with Crippen molar-refractivity contribution in [3.8, 4) is 0 Å². The minimum absolute atomic E-state index is 0.0560. The van der Waals surface area contributed by atoms with E-state index in [0.29, 0.717) is 5.92 Å². The normalized spacial score (nSPS) is 47.0. The van der Waals surface area contributed by atoms with Gasteiger partial charge in [-0.25, -0.2) is 0 Å². The van der Waals surface area contributed by atoms with Crippen LogP contribution in [0.15, 0.2) is 0 Å². The smallest absolute Gasteiger partial charge is 0.0571 e. The standard InChI is InChI=1S/C10H20OSi/c1-12(2,3)10-7-5-4-6-8(11)9(7)10/h7-11H,4-6H2,1-3H3. The molecule has 0 heterocycles. The maximum atomic E-state index is 9.78. The number of aliphatic hydroxyl groups is 1. The summed E-state index contributed by atoms with van der Waals surface area (Å²) < 4.78 is 0. The van der Waals surface area contributed by atoms with Gasteiger partial charge in [0, 0.05) is 8.07 Å². The van der Waals surface area contributed by atoms with E-state index in [9.17, 15) is 5.11 Å². The zero-order valence-corrected chi connectivity index (χ0v) is 9.38. The molecule has 2 heteroatoms. The van der Waals surface area contributed by atoms with Gasteiger partial charge in [-0.1, -0.05) is 26.1 Å². The van der Waals surface area contributed by atoms with Crippen LogP contribution in [-0.4, -0.2) is 19.3 Å². The summed E-state index contributed by atoms with van der Waals surface area (Å²) in [5, 5.41) is 9.78. The third-order valence-electron chi connectivity index (χ3n) is 3.71. The van der Waals surface area contributed by atoms with Crippen molar-refractivity contribution in [2.75, 3.05) is 0 Å². The van der Waals surface area contributed by atoms with Crippen molar-refractivity contribution in [2.24, 2.45) is 11.8 Å². The number of aliphatic hydroxyl groups excluding tert-OH is 1. The Labute approximate surface area is 76.2 Å². The van der Waals surface area contributed by atoms with E-state index in [0.717, 1.165) is 17.9 Å². The average Bonchev–Trinajstić information content (AvgIpc) is 2.60. The Morgan fingerprint density at radius 1 is 1.17 bits per heavy atom. The molecule has 12 heavy (non-hydrogen) atoms. The predicted molar refractivity (Wildman–Crippen MR) is 53.9 cm³/mol. The van der Waals surface area contributed by atoms with Crippen molar-refractivity contribution in [1.29, 1.82) is 0 Å². The summed E-state index contributed by atoms with van der Waals surface area (Å²) >= 11 is 0. The first-order chi connectivity index (χ1) is 5.52. The lowest BCUT2D eigenvalue weighted by Crippen LogP contribution is -2.23. The van der Waals surface area contributed by atoms with Crippen LogP contribution in [0.1, 0.15) is 19.3 Å². The van der Waals surface area contributed by atoms with E-state index in [2.05, 4.69) is 19.6 Å². The molecular formula is C10H20OSi. The summed E-state index contributed by atoms with van der Waals surface area (Å²) in [6.45, 7) is 7.34. The van der Waals surface area contributed by atoms with Crippen molar-refractivity contribution in [1.82, 2.24) is 0 Å². The van der Waals surface area contributed by atoms with Crippen LogP contribution >= 0.6 is 0 Å². The molecule has 2 rings (SSSR count). The third-order valence-corrected chi connectivity index (χ3v) is 6.52. The van der Waals surface area contributed by atoms with Gasteiger partial charge in [0.25, 0.3) is 0 Å². The topological polar surface area (TPSA) is 20.2 Å². The highest BCUT2D eigenvalue weighted by Crippen LogP contribution is 2.64. The van der Waals surface area contributed by atoms with Crippen LogP contribution in [0.25, 0.3) is 0 Å². The van der Waals surface area contributed by atoms with Crippen LogP contribution in [0.3, 0.4) is 0 Å². The van der Waals surface area contributed by atoms with E-state index in [1.165, 1.54) is 12.8 Å². The predicted octanol–water partition coefficient (Wildman–Crippen LogP) is 2.49. The molecule has 2 fully saturated rings. The van der Waals surface area contributed by atoms with Gasteiger partial charge in [-0.05, 0) is 30.2 Å². The maximum Gasteiger partial charge on any atom is 0.0571 e. The maximum absolute atomic E-state index is 9.78. The van der Waals surface area contributed by atoms with Gasteiger partial charge >= 0.3 is 0 Å². The average molecular weight is 184 g/mol. The van der Waals surface area contributed by atoms with Crippen LogP contribution in [0, 0.1) is 11.8 Å². The van der Waals surface area contributed by atoms with Gasteiger partial charge in [0.2, 0.25) is 0 Å². The molecule has 0 aromatic rings. The van der Waals surface area contributed by atoms with Gasteiger partial charge in [-0.2, -0.15) is 0 Å². The van der Waals surface area contributed by atoms with E-state index in [-0.39, 0.29) is 6.10 Å². The Bertz CT molecular complexity index is 185. The van der Waals surface area contributed by atoms with Gasteiger partial charge < -0.3 is 5.11 Å². The van der Waals surface area contributed by atoms with E-state index >= 15 is 0 Å². The van der Waals surface area contributed by atoms with Gasteiger partial charge in [0.15, 0.2) is 0 Å². The highest BCUT2D eigenvalue weighted by molar-refractivity contribution is 6.78. The fraction of sp³-hybridized carbons (Fsp3) is 1.00. The molecule has 2 aliphatic carbocycles. The van der Waals surface area contributed by atoms with Crippen LogP contribution in [0.5, 0.6) is 0 Å². The fourth-order valence-electron chi connectivity index (χ4n) is 3.27. The highest BCUT2D eigenvalue weighted by Gasteiger charge is 2.59. The molecule has 2 aliphatic rings. The first kappa shape index (κ1) is 8.76. The van der Waals surface area contributed by atoms with Crippen molar-refractivity contribution in [3.63, 3.8) is 0 Å². The molecule has 0 bridgehead atoms. The molecular weight excluding hydrogens is 164 g/mol. The molecule has 1 N–H and O–H groups in total. The van der Waals surface area contributed by atoms with E-state index in [1.54, 1.807) is 0 Å². The largest absolute Gasteiger partial charge is 0.393 e. The summed E-state index contributed by atoms with van der Waals surface area (Å²) in [5.41, 5.74) is 0.940. The lowest BCUT2D eigenvalue weighted by Gasteiger charge is -2.17. The second-order valence-corrected chi connectivity index (χ2v) is 11.0. The lowest BCUT2D eigenvalue weighted by molar-refractivity contribution is 0.116. The molecule has 0 amide bonds. The van der Waals surface area contributed by atoms with E-state index in [1.807, 2.05) is 0 Å². The molecule has 4 atom stereocenters. The van der Waals surface area contributed by atoms with Crippen molar-refractivity contribution >= 4 is 8.07 Å². The summed E-state index contributed by atoms with van der Waals surface area (Å²) in [4.78, 5) is 0. The van der Waals surface area contributed by atoms with Crippen LogP contribution in [0.2, 0.25) is 25.2 Å². The Balaban J connectivity index is 2.05. The number of fused-ring (bicyclic) bond motifs is 1. The van der Waals surface area contributed by atoms with Crippen LogP contribution in [0.4, 0.5) is 0 Å². The fourth-order valence-corrected chi connectivity index (χ4v) is 6.46. The number of hydrogen-bond acceptors (Lipinski definition) is 1. The van der Waals surface area contributed by atoms with E-state index in [4.69, 9.17) is 0 Å². The second kappa shape index (κ2) is 2.58. The Morgan fingerprint density at radius 3 is 2.33 bits per heavy atom. The summed E-state index contributed by atoms with van der Waals surface area (Å²) in [7, 11) is -0.953. The summed E-state index contributed by atoms with van der Waals surface area (Å²) in [6.07, 6.45) is 3.79. The van der Waals surface area contributed by atoms with Crippen LogP contribution < -0.4 is 0 Å². The molecule has 0 aliphatic heterocycles. The molecule has 0 aromatic heterocycles. The molecule has 70 valence electrons. The van der Waals surface area contributed by atoms with E-state index < -0.39 is 8.07 Å². The molecule has 4 unspecified atom stereocenters. The molecule has 0 spiro atoms. The Hall–Kier alpha value is 0.177. The third kappa shape index (κ3) is 1.25. The molecule has 0 saturated heterocycles. The molecule has 1 nitrogen and oxygen atoms in total. The van der Waals surface area contributed by atoms with Gasteiger partial charge in [0.05, 0.1) is 6.10 Å². The van der Waals surface area contributed by atoms with Gasteiger partial charge in [-0.15, -0.1) is 0 Å². The van der Waals surface area contributed by atoms with Crippen LogP contribution in [-0.2, 0) is 0 Å². The number of hydrogen-bond donors (Lipinski definition) is 1. The monoisotopic (exact) mass is 184 g/mol. The van der Waals surface area contributed by atoms with Crippen molar-refractivity contribution in [3.05, 3.63) is 0 Å². The first-order valence-corrected chi connectivity index (χ1v) is 8.77. The van der Waals surface area contributed by atoms with Gasteiger partial charge in [-0.3, -0.25) is 0 Å². The number of rotatable bonds is 1. The minimum Gasteiger partial charge on any atom is -0.393 e.